The normalized spacial score (nSPS) is 22.5. The largest absolute Gasteiger partial charge is 0.492 e. The first kappa shape index (κ1) is 14.9. The number of rotatable bonds is 7. The standard InChI is InChI=1S/C18H28N2O/c1-15-4-2-6-18(12-15)21-11-10-20(17-7-8-17)14-16-5-3-9-19-13-16/h2,4,6,12,16-17,19H,3,5,7-11,13-14H2,1H3. The molecule has 2 aliphatic rings. The summed E-state index contributed by atoms with van der Waals surface area (Å²) in [5.41, 5.74) is 1.26. The minimum absolute atomic E-state index is 0.806. The average Bonchev–Trinajstić information content (AvgIpc) is 3.32. The van der Waals surface area contributed by atoms with Gasteiger partial charge in [-0.25, -0.2) is 0 Å². The molecule has 0 amide bonds. The molecule has 1 heterocycles. The summed E-state index contributed by atoms with van der Waals surface area (Å²) >= 11 is 0. The van der Waals surface area contributed by atoms with Gasteiger partial charge in [-0.2, -0.15) is 0 Å². The molecule has 1 N–H and O–H groups in total. The van der Waals surface area contributed by atoms with Gasteiger partial charge in [-0.3, -0.25) is 4.90 Å². The number of piperidine rings is 1. The summed E-state index contributed by atoms with van der Waals surface area (Å²) in [6.45, 7) is 7.63. The van der Waals surface area contributed by atoms with Gasteiger partial charge in [0.15, 0.2) is 0 Å². The Balaban J connectivity index is 1.44. The molecule has 3 heteroatoms. The van der Waals surface area contributed by atoms with Crippen LogP contribution in [0, 0.1) is 12.8 Å². The third kappa shape index (κ3) is 4.72. The van der Waals surface area contributed by atoms with Crippen LogP contribution in [0.5, 0.6) is 5.75 Å². The highest BCUT2D eigenvalue weighted by Gasteiger charge is 2.30. The van der Waals surface area contributed by atoms with Crippen molar-refractivity contribution in [2.75, 3.05) is 32.8 Å². The molecule has 3 nitrogen and oxygen atoms in total. The summed E-state index contributed by atoms with van der Waals surface area (Å²) in [5.74, 6) is 1.84. The molecule has 0 bridgehead atoms. The molecule has 21 heavy (non-hydrogen) atoms. The molecule has 0 aromatic heterocycles. The van der Waals surface area contributed by atoms with E-state index < -0.39 is 0 Å². The van der Waals surface area contributed by atoms with E-state index in [2.05, 4.69) is 41.4 Å². The molecule has 0 spiro atoms. The molecule has 1 aliphatic heterocycles. The maximum absolute atomic E-state index is 5.93. The number of hydrogen-bond donors (Lipinski definition) is 1. The van der Waals surface area contributed by atoms with Crippen molar-refractivity contribution in [3.8, 4) is 5.75 Å². The summed E-state index contributed by atoms with van der Waals surface area (Å²) in [6.07, 6.45) is 5.48. The van der Waals surface area contributed by atoms with Gasteiger partial charge in [-0.05, 0) is 69.3 Å². The van der Waals surface area contributed by atoms with Crippen LogP contribution in [0.15, 0.2) is 24.3 Å². The maximum atomic E-state index is 5.93. The van der Waals surface area contributed by atoms with E-state index in [4.69, 9.17) is 4.74 Å². The molecular weight excluding hydrogens is 260 g/mol. The van der Waals surface area contributed by atoms with Crippen LogP contribution < -0.4 is 10.1 Å². The van der Waals surface area contributed by atoms with Gasteiger partial charge in [0.1, 0.15) is 12.4 Å². The highest BCUT2D eigenvalue weighted by molar-refractivity contribution is 5.27. The monoisotopic (exact) mass is 288 g/mol. The average molecular weight is 288 g/mol. The van der Waals surface area contributed by atoms with Crippen LogP contribution in [0.25, 0.3) is 0 Å². The Kier molecular flexibility index (Phi) is 5.15. The molecular formula is C18H28N2O. The van der Waals surface area contributed by atoms with Gasteiger partial charge >= 0.3 is 0 Å². The lowest BCUT2D eigenvalue weighted by atomic mass is 9.99. The third-order valence-corrected chi connectivity index (χ3v) is 4.59. The molecule has 0 radical (unpaired) electrons. The zero-order valence-corrected chi connectivity index (χ0v) is 13.2. The van der Waals surface area contributed by atoms with Gasteiger partial charge in [0.25, 0.3) is 0 Å². The van der Waals surface area contributed by atoms with Gasteiger partial charge in [-0.1, -0.05) is 12.1 Å². The number of nitrogens with zero attached hydrogens (tertiary/aromatic N) is 1. The number of benzene rings is 1. The summed E-state index contributed by atoms with van der Waals surface area (Å²) < 4.78 is 5.93. The van der Waals surface area contributed by atoms with Crippen molar-refractivity contribution in [1.82, 2.24) is 10.2 Å². The van der Waals surface area contributed by atoms with Crippen molar-refractivity contribution in [3.05, 3.63) is 29.8 Å². The van der Waals surface area contributed by atoms with E-state index in [0.29, 0.717) is 0 Å². The number of ether oxygens (including phenoxy) is 1. The quantitative estimate of drug-likeness (QED) is 0.835. The van der Waals surface area contributed by atoms with Gasteiger partial charge < -0.3 is 10.1 Å². The number of nitrogens with one attached hydrogen (secondary N) is 1. The first-order chi connectivity index (χ1) is 10.3. The second-order valence-corrected chi connectivity index (χ2v) is 6.60. The van der Waals surface area contributed by atoms with Crippen molar-refractivity contribution in [2.24, 2.45) is 5.92 Å². The molecule has 1 saturated carbocycles. The first-order valence-electron chi connectivity index (χ1n) is 8.45. The predicted molar refractivity (Wildman–Crippen MR) is 86.9 cm³/mol. The van der Waals surface area contributed by atoms with Gasteiger partial charge in [-0.15, -0.1) is 0 Å². The summed E-state index contributed by atoms with van der Waals surface area (Å²) in [6, 6.07) is 9.18. The molecule has 1 saturated heterocycles. The maximum Gasteiger partial charge on any atom is 0.119 e. The minimum atomic E-state index is 0.806. The summed E-state index contributed by atoms with van der Waals surface area (Å²) in [5, 5.41) is 3.53. The zero-order valence-electron chi connectivity index (χ0n) is 13.2. The van der Waals surface area contributed by atoms with Crippen molar-refractivity contribution >= 4 is 0 Å². The fourth-order valence-electron chi connectivity index (χ4n) is 3.26. The molecule has 1 aliphatic carbocycles. The Bertz CT molecular complexity index is 439. The second-order valence-electron chi connectivity index (χ2n) is 6.60. The van der Waals surface area contributed by atoms with Crippen LogP contribution in [-0.4, -0.2) is 43.7 Å². The Hall–Kier alpha value is -1.06. The van der Waals surface area contributed by atoms with Crippen LogP contribution >= 0.6 is 0 Å². The Morgan fingerprint density at radius 1 is 1.29 bits per heavy atom. The first-order valence-corrected chi connectivity index (χ1v) is 8.45. The van der Waals surface area contributed by atoms with Gasteiger partial charge in [0, 0.05) is 19.1 Å². The van der Waals surface area contributed by atoms with Crippen LogP contribution in [0.3, 0.4) is 0 Å². The predicted octanol–water partition coefficient (Wildman–Crippen LogP) is 2.84. The Labute approximate surface area is 128 Å². The lowest BCUT2D eigenvalue weighted by Gasteiger charge is -2.30. The Morgan fingerprint density at radius 3 is 2.90 bits per heavy atom. The molecule has 1 atom stereocenters. The van der Waals surface area contributed by atoms with Crippen molar-refractivity contribution in [3.63, 3.8) is 0 Å². The van der Waals surface area contributed by atoms with Gasteiger partial charge in [0.05, 0.1) is 0 Å². The topological polar surface area (TPSA) is 24.5 Å². The highest BCUT2D eigenvalue weighted by atomic mass is 16.5. The molecule has 1 aromatic carbocycles. The highest BCUT2D eigenvalue weighted by Crippen LogP contribution is 2.28. The van der Waals surface area contributed by atoms with Crippen molar-refractivity contribution < 1.29 is 4.74 Å². The molecule has 3 rings (SSSR count). The summed E-state index contributed by atoms with van der Waals surface area (Å²) in [4.78, 5) is 2.66. The molecule has 2 fully saturated rings. The van der Waals surface area contributed by atoms with Crippen LogP contribution in [0.2, 0.25) is 0 Å². The van der Waals surface area contributed by atoms with E-state index in [-0.39, 0.29) is 0 Å². The molecule has 1 aromatic rings. The fourth-order valence-corrected chi connectivity index (χ4v) is 3.26. The Morgan fingerprint density at radius 2 is 2.19 bits per heavy atom. The second kappa shape index (κ2) is 7.28. The van der Waals surface area contributed by atoms with E-state index in [9.17, 15) is 0 Å². The lowest BCUT2D eigenvalue weighted by molar-refractivity contribution is 0.166. The van der Waals surface area contributed by atoms with Crippen LogP contribution in [-0.2, 0) is 0 Å². The molecule has 1 unspecified atom stereocenters. The summed E-state index contributed by atoms with van der Waals surface area (Å²) in [7, 11) is 0. The number of aryl methyl sites for hydroxylation is 1. The van der Waals surface area contributed by atoms with E-state index >= 15 is 0 Å². The minimum Gasteiger partial charge on any atom is -0.492 e. The van der Waals surface area contributed by atoms with Crippen molar-refractivity contribution in [1.29, 1.82) is 0 Å². The number of hydrogen-bond acceptors (Lipinski definition) is 3. The van der Waals surface area contributed by atoms with Crippen LogP contribution in [0.1, 0.15) is 31.2 Å². The smallest absolute Gasteiger partial charge is 0.119 e. The zero-order chi connectivity index (χ0) is 14.5. The fraction of sp³-hybridized carbons (Fsp3) is 0.667. The van der Waals surface area contributed by atoms with E-state index in [1.807, 2.05) is 0 Å². The lowest BCUT2D eigenvalue weighted by Crippen LogP contribution is -2.40. The van der Waals surface area contributed by atoms with Crippen LogP contribution in [0.4, 0.5) is 0 Å². The van der Waals surface area contributed by atoms with Crippen molar-refractivity contribution in [2.45, 2.75) is 38.6 Å². The van der Waals surface area contributed by atoms with E-state index in [0.717, 1.165) is 30.9 Å². The SMILES string of the molecule is Cc1cccc(OCCN(CC2CCCNC2)C2CC2)c1. The third-order valence-electron chi connectivity index (χ3n) is 4.59. The van der Waals surface area contributed by atoms with E-state index in [1.165, 1.54) is 50.9 Å². The van der Waals surface area contributed by atoms with Gasteiger partial charge in [0.2, 0.25) is 0 Å². The van der Waals surface area contributed by atoms with E-state index in [1.54, 1.807) is 0 Å². The molecule has 116 valence electrons.